The Labute approximate surface area is 82.2 Å². The number of esters is 1. The van der Waals surface area contributed by atoms with Gasteiger partial charge in [-0.15, -0.1) is 0 Å². The van der Waals surface area contributed by atoms with E-state index in [2.05, 4.69) is 4.74 Å². The second kappa shape index (κ2) is 3.26. The van der Waals surface area contributed by atoms with Gasteiger partial charge in [0.05, 0.1) is 18.9 Å². The summed E-state index contributed by atoms with van der Waals surface area (Å²) in [6, 6.07) is 0. The molecule has 4 heteroatoms. The maximum atomic E-state index is 11.4. The van der Waals surface area contributed by atoms with Gasteiger partial charge in [0.15, 0.2) is 0 Å². The van der Waals surface area contributed by atoms with Crippen LogP contribution in [0.3, 0.4) is 0 Å². The van der Waals surface area contributed by atoms with Crippen LogP contribution in [0.2, 0.25) is 0 Å². The molecule has 2 unspecified atom stereocenters. The summed E-state index contributed by atoms with van der Waals surface area (Å²) in [7, 11) is 1.33. The van der Waals surface area contributed by atoms with E-state index in [1.165, 1.54) is 7.11 Å². The highest BCUT2D eigenvalue weighted by molar-refractivity contribution is 5.82. The summed E-state index contributed by atoms with van der Waals surface area (Å²) in [5, 5.41) is 9.04. The third kappa shape index (κ3) is 1.21. The summed E-state index contributed by atoms with van der Waals surface area (Å²) >= 11 is 0. The van der Waals surface area contributed by atoms with Gasteiger partial charge in [-0.1, -0.05) is 0 Å². The van der Waals surface area contributed by atoms with Crippen LogP contribution < -0.4 is 0 Å². The van der Waals surface area contributed by atoms with Crippen molar-refractivity contribution in [2.45, 2.75) is 19.3 Å². The fraction of sp³-hybridized carbons (Fsp3) is 0.800. The average molecular weight is 198 g/mol. The van der Waals surface area contributed by atoms with Gasteiger partial charge in [0, 0.05) is 0 Å². The molecule has 4 atom stereocenters. The molecule has 0 aromatic rings. The Hall–Kier alpha value is -1.06. The molecular weight excluding hydrogens is 184 g/mol. The van der Waals surface area contributed by atoms with Crippen LogP contribution >= 0.6 is 0 Å². The molecule has 0 aromatic carbocycles. The minimum Gasteiger partial charge on any atom is -0.481 e. The highest BCUT2D eigenvalue weighted by atomic mass is 16.5. The largest absolute Gasteiger partial charge is 0.481 e. The molecule has 2 aliphatic carbocycles. The first-order chi connectivity index (χ1) is 6.65. The van der Waals surface area contributed by atoms with Crippen LogP contribution in [0.25, 0.3) is 0 Å². The van der Waals surface area contributed by atoms with E-state index < -0.39 is 17.8 Å². The van der Waals surface area contributed by atoms with E-state index in [1.54, 1.807) is 0 Å². The van der Waals surface area contributed by atoms with Crippen LogP contribution in [0.15, 0.2) is 0 Å². The van der Waals surface area contributed by atoms with Gasteiger partial charge in [0.2, 0.25) is 0 Å². The average Bonchev–Trinajstić information content (AvgIpc) is 2.74. The predicted molar refractivity (Wildman–Crippen MR) is 47.5 cm³/mol. The van der Waals surface area contributed by atoms with Crippen LogP contribution in [0.4, 0.5) is 0 Å². The van der Waals surface area contributed by atoms with Crippen LogP contribution in [-0.2, 0) is 14.3 Å². The van der Waals surface area contributed by atoms with Gasteiger partial charge in [-0.25, -0.2) is 0 Å². The summed E-state index contributed by atoms with van der Waals surface area (Å²) < 4.78 is 4.66. The third-order valence-corrected chi connectivity index (χ3v) is 3.67. The zero-order valence-electron chi connectivity index (χ0n) is 8.10. The summed E-state index contributed by atoms with van der Waals surface area (Å²) in [5.74, 6) is -1.63. The Morgan fingerprint density at radius 1 is 1.21 bits per heavy atom. The van der Waals surface area contributed by atoms with E-state index in [4.69, 9.17) is 5.11 Å². The molecule has 2 saturated carbocycles. The second-order valence-electron chi connectivity index (χ2n) is 4.25. The second-order valence-corrected chi connectivity index (χ2v) is 4.25. The Bertz CT molecular complexity index is 273. The third-order valence-electron chi connectivity index (χ3n) is 3.67. The van der Waals surface area contributed by atoms with Gasteiger partial charge in [0.1, 0.15) is 0 Å². The number of ether oxygens (including phenoxy) is 1. The lowest BCUT2D eigenvalue weighted by Crippen LogP contribution is -2.35. The first-order valence-electron chi connectivity index (χ1n) is 4.95. The molecule has 0 radical (unpaired) electrons. The zero-order chi connectivity index (χ0) is 10.3. The summed E-state index contributed by atoms with van der Waals surface area (Å²) in [4.78, 5) is 22.4. The monoisotopic (exact) mass is 198 g/mol. The molecule has 0 aromatic heterocycles. The number of methoxy groups -OCH3 is 1. The minimum absolute atomic E-state index is 0.196. The van der Waals surface area contributed by atoms with Crippen molar-refractivity contribution in [2.75, 3.05) is 7.11 Å². The van der Waals surface area contributed by atoms with E-state index in [0.29, 0.717) is 0 Å². The lowest BCUT2D eigenvalue weighted by molar-refractivity contribution is -0.158. The lowest BCUT2D eigenvalue weighted by atomic mass is 9.79. The number of carbonyl (C=O) groups excluding carboxylic acids is 1. The molecule has 0 spiro atoms. The van der Waals surface area contributed by atoms with Gasteiger partial charge < -0.3 is 9.84 Å². The Morgan fingerprint density at radius 2 is 1.79 bits per heavy atom. The van der Waals surface area contributed by atoms with Crippen molar-refractivity contribution >= 4 is 11.9 Å². The van der Waals surface area contributed by atoms with Gasteiger partial charge >= 0.3 is 11.9 Å². The SMILES string of the molecule is COC(=O)[C@@H]1C2CCC(C2)[C@H]1C(=O)O. The van der Waals surface area contributed by atoms with Crippen molar-refractivity contribution in [3.8, 4) is 0 Å². The molecule has 2 aliphatic rings. The molecule has 78 valence electrons. The van der Waals surface area contributed by atoms with Gasteiger partial charge in [0.25, 0.3) is 0 Å². The van der Waals surface area contributed by atoms with Gasteiger partial charge in [-0.05, 0) is 31.1 Å². The van der Waals surface area contributed by atoms with E-state index in [-0.39, 0.29) is 17.8 Å². The summed E-state index contributed by atoms with van der Waals surface area (Å²) in [6.45, 7) is 0. The molecule has 0 amide bonds. The Morgan fingerprint density at radius 3 is 2.29 bits per heavy atom. The molecule has 1 N–H and O–H groups in total. The quantitative estimate of drug-likeness (QED) is 0.670. The number of hydrogen-bond acceptors (Lipinski definition) is 3. The van der Waals surface area contributed by atoms with Crippen LogP contribution in [-0.4, -0.2) is 24.2 Å². The number of hydrogen-bond donors (Lipinski definition) is 1. The highest BCUT2D eigenvalue weighted by Gasteiger charge is 2.54. The first kappa shape index (κ1) is 9.49. The van der Waals surface area contributed by atoms with Crippen molar-refractivity contribution in [1.82, 2.24) is 0 Å². The number of aliphatic carboxylic acids is 1. The number of carbonyl (C=O) groups is 2. The predicted octanol–water partition coefficient (Wildman–Crippen LogP) is 0.906. The number of fused-ring (bicyclic) bond motifs is 2. The van der Waals surface area contributed by atoms with Crippen LogP contribution in [0, 0.1) is 23.7 Å². The minimum atomic E-state index is -0.840. The topological polar surface area (TPSA) is 63.6 Å². The van der Waals surface area contributed by atoms with E-state index in [0.717, 1.165) is 19.3 Å². The maximum absolute atomic E-state index is 11.4. The normalized spacial score (nSPS) is 39.8. The number of rotatable bonds is 2. The maximum Gasteiger partial charge on any atom is 0.309 e. The molecule has 0 aliphatic heterocycles. The van der Waals surface area contributed by atoms with Crippen molar-refractivity contribution in [3.05, 3.63) is 0 Å². The molecule has 2 bridgehead atoms. The molecule has 4 nitrogen and oxygen atoms in total. The van der Waals surface area contributed by atoms with Gasteiger partial charge in [-0.2, -0.15) is 0 Å². The Balaban J connectivity index is 2.21. The van der Waals surface area contributed by atoms with E-state index in [1.807, 2.05) is 0 Å². The van der Waals surface area contributed by atoms with Crippen molar-refractivity contribution in [1.29, 1.82) is 0 Å². The molecule has 0 heterocycles. The molecule has 14 heavy (non-hydrogen) atoms. The van der Waals surface area contributed by atoms with Crippen molar-refractivity contribution in [3.63, 3.8) is 0 Å². The zero-order valence-corrected chi connectivity index (χ0v) is 8.10. The first-order valence-corrected chi connectivity index (χ1v) is 4.95. The number of carboxylic acids is 1. The van der Waals surface area contributed by atoms with Crippen LogP contribution in [0.1, 0.15) is 19.3 Å². The molecule has 2 rings (SSSR count). The van der Waals surface area contributed by atoms with E-state index in [9.17, 15) is 9.59 Å². The smallest absolute Gasteiger partial charge is 0.309 e. The van der Waals surface area contributed by atoms with Crippen molar-refractivity contribution in [2.24, 2.45) is 23.7 Å². The summed E-state index contributed by atoms with van der Waals surface area (Å²) in [6.07, 6.45) is 2.82. The summed E-state index contributed by atoms with van der Waals surface area (Å²) in [5.41, 5.74) is 0. The fourth-order valence-corrected chi connectivity index (χ4v) is 3.12. The highest BCUT2D eigenvalue weighted by Crippen LogP contribution is 2.52. The fourth-order valence-electron chi connectivity index (χ4n) is 3.12. The lowest BCUT2D eigenvalue weighted by Gasteiger charge is -2.25. The van der Waals surface area contributed by atoms with Gasteiger partial charge in [-0.3, -0.25) is 9.59 Å². The van der Waals surface area contributed by atoms with Crippen molar-refractivity contribution < 1.29 is 19.4 Å². The standard InChI is InChI=1S/C10H14O4/c1-14-10(13)8-6-3-2-5(4-6)7(8)9(11)12/h5-8H,2-4H2,1H3,(H,11,12)/t5?,6?,7-,8-/m1/s1. The molecule has 0 saturated heterocycles. The Kier molecular flexibility index (Phi) is 2.21. The molecular formula is C10H14O4. The molecule has 2 fully saturated rings. The number of carboxylic acid groups (broad SMARTS) is 1. The van der Waals surface area contributed by atoms with Crippen LogP contribution in [0.5, 0.6) is 0 Å². The van der Waals surface area contributed by atoms with E-state index >= 15 is 0 Å².